The van der Waals surface area contributed by atoms with Crippen LogP contribution in [0.25, 0.3) is 0 Å². The number of methoxy groups -OCH3 is 2. The first-order valence-corrected chi connectivity index (χ1v) is 5.97. The smallest absolute Gasteiger partial charge is 0.223 e. The number of nitrogens with one attached hydrogen (secondary N) is 1. The Hall–Kier alpha value is -2.30. The van der Waals surface area contributed by atoms with Crippen LogP contribution in [0.15, 0.2) is 30.5 Å². The number of hydrogen-bond donors (Lipinski definition) is 1. The van der Waals surface area contributed by atoms with Gasteiger partial charge in [-0.05, 0) is 30.2 Å². The van der Waals surface area contributed by atoms with E-state index in [1.807, 2.05) is 18.2 Å². The lowest BCUT2D eigenvalue weighted by Gasteiger charge is -2.09. The zero-order chi connectivity index (χ0) is 13.5. The van der Waals surface area contributed by atoms with Crippen molar-refractivity contribution in [2.24, 2.45) is 0 Å². The molecule has 1 aromatic carbocycles. The quantitative estimate of drug-likeness (QED) is 0.858. The van der Waals surface area contributed by atoms with Crippen molar-refractivity contribution in [1.82, 2.24) is 9.97 Å². The summed E-state index contributed by atoms with van der Waals surface area (Å²) in [5.74, 6) is 2.06. The van der Waals surface area contributed by atoms with Gasteiger partial charge in [0, 0.05) is 12.7 Å². The van der Waals surface area contributed by atoms with Gasteiger partial charge in [0.1, 0.15) is 0 Å². The first kappa shape index (κ1) is 13.1. The normalized spacial score (nSPS) is 10.0. The van der Waals surface area contributed by atoms with E-state index in [9.17, 15) is 0 Å². The average Bonchev–Trinajstić information content (AvgIpc) is 2.48. The summed E-state index contributed by atoms with van der Waals surface area (Å²) < 4.78 is 10.5. The third-order valence-electron chi connectivity index (χ3n) is 2.66. The summed E-state index contributed by atoms with van der Waals surface area (Å²) >= 11 is 0. The van der Waals surface area contributed by atoms with Crippen molar-refractivity contribution in [3.8, 4) is 11.5 Å². The monoisotopic (exact) mass is 258 g/mol. The number of benzene rings is 1. The maximum Gasteiger partial charge on any atom is 0.223 e. The second kappa shape index (κ2) is 6.58. The number of ether oxygens (including phenoxy) is 2. The van der Waals surface area contributed by atoms with Gasteiger partial charge in [0.2, 0.25) is 5.95 Å². The molecule has 1 radical (unpaired) electrons. The predicted molar refractivity (Wildman–Crippen MR) is 72.6 cm³/mol. The van der Waals surface area contributed by atoms with Gasteiger partial charge < -0.3 is 14.8 Å². The predicted octanol–water partition coefficient (Wildman–Crippen LogP) is 1.95. The van der Waals surface area contributed by atoms with Crippen LogP contribution in [-0.2, 0) is 6.42 Å². The van der Waals surface area contributed by atoms with Crippen LogP contribution in [0.1, 0.15) is 5.56 Å². The van der Waals surface area contributed by atoms with Crippen molar-refractivity contribution in [2.75, 3.05) is 26.1 Å². The van der Waals surface area contributed by atoms with E-state index in [1.54, 1.807) is 26.5 Å². The van der Waals surface area contributed by atoms with Gasteiger partial charge >= 0.3 is 0 Å². The fraction of sp³-hybridized carbons (Fsp3) is 0.286. The topological polar surface area (TPSA) is 56.3 Å². The van der Waals surface area contributed by atoms with Crippen molar-refractivity contribution in [1.29, 1.82) is 0 Å². The van der Waals surface area contributed by atoms with Crippen molar-refractivity contribution < 1.29 is 9.47 Å². The van der Waals surface area contributed by atoms with Crippen molar-refractivity contribution in [2.45, 2.75) is 6.42 Å². The summed E-state index contributed by atoms with van der Waals surface area (Å²) in [5.41, 5.74) is 1.16. The standard InChI is InChI=1S/C14H16N3O2/c1-18-12-5-4-11(10-13(12)19-2)6-9-17-14-15-7-3-8-16-14/h3-5,7,10H,6,9H2,1-2H3,(H,15,16,17). The fourth-order valence-electron chi connectivity index (χ4n) is 1.71. The largest absolute Gasteiger partial charge is 0.493 e. The van der Waals surface area contributed by atoms with Gasteiger partial charge in [0.05, 0.1) is 20.4 Å². The minimum atomic E-state index is 0.586. The Bertz CT molecular complexity index is 517. The molecule has 5 heteroatoms. The van der Waals surface area contributed by atoms with Crippen LogP contribution < -0.4 is 14.8 Å². The molecule has 2 rings (SSSR count). The highest BCUT2D eigenvalue weighted by Crippen LogP contribution is 2.27. The van der Waals surface area contributed by atoms with E-state index in [0.29, 0.717) is 5.95 Å². The molecule has 1 N–H and O–H groups in total. The summed E-state index contributed by atoms with van der Waals surface area (Å²) in [6.45, 7) is 0.743. The zero-order valence-electron chi connectivity index (χ0n) is 11.0. The van der Waals surface area contributed by atoms with E-state index in [0.717, 1.165) is 30.0 Å². The molecule has 5 nitrogen and oxygen atoms in total. The molecule has 0 spiro atoms. The molecule has 0 saturated heterocycles. The number of anilines is 1. The zero-order valence-corrected chi connectivity index (χ0v) is 11.0. The molecule has 0 fully saturated rings. The summed E-state index contributed by atoms with van der Waals surface area (Å²) in [5, 5.41) is 3.13. The van der Waals surface area contributed by atoms with Crippen LogP contribution in [0, 0.1) is 6.20 Å². The fourth-order valence-corrected chi connectivity index (χ4v) is 1.71. The van der Waals surface area contributed by atoms with E-state index in [1.165, 1.54) is 0 Å². The van der Waals surface area contributed by atoms with Gasteiger partial charge in [0.25, 0.3) is 0 Å². The van der Waals surface area contributed by atoms with Crippen molar-refractivity contribution >= 4 is 5.95 Å². The molecule has 0 unspecified atom stereocenters. The Morgan fingerprint density at radius 2 is 2.05 bits per heavy atom. The van der Waals surface area contributed by atoms with E-state index >= 15 is 0 Å². The Balaban J connectivity index is 1.93. The summed E-state index contributed by atoms with van der Waals surface area (Å²) in [6, 6.07) is 7.56. The van der Waals surface area contributed by atoms with Crippen LogP contribution >= 0.6 is 0 Å². The van der Waals surface area contributed by atoms with Gasteiger partial charge in [-0.2, -0.15) is 0 Å². The second-order valence-electron chi connectivity index (χ2n) is 3.88. The van der Waals surface area contributed by atoms with Crippen LogP contribution in [0.3, 0.4) is 0 Å². The van der Waals surface area contributed by atoms with Gasteiger partial charge in [-0.1, -0.05) is 6.07 Å². The Morgan fingerprint density at radius 3 is 2.74 bits per heavy atom. The minimum absolute atomic E-state index is 0.586. The third kappa shape index (κ3) is 3.58. The molecule has 1 heterocycles. The molecule has 0 atom stereocenters. The van der Waals surface area contributed by atoms with Crippen molar-refractivity contribution in [3.05, 3.63) is 42.2 Å². The van der Waals surface area contributed by atoms with Crippen LogP contribution in [0.2, 0.25) is 0 Å². The van der Waals surface area contributed by atoms with Crippen LogP contribution in [-0.4, -0.2) is 30.7 Å². The highest BCUT2D eigenvalue weighted by atomic mass is 16.5. The van der Waals surface area contributed by atoms with Crippen LogP contribution in [0.4, 0.5) is 5.95 Å². The molecule has 0 aliphatic heterocycles. The first-order valence-electron chi connectivity index (χ1n) is 5.97. The third-order valence-corrected chi connectivity index (χ3v) is 2.66. The average molecular weight is 258 g/mol. The molecule has 0 saturated carbocycles. The lowest BCUT2D eigenvalue weighted by Crippen LogP contribution is -2.07. The summed E-state index contributed by atoms with van der Waals surface area (Å²) in [4.78, 5) is 8.05. The summed E-state index contributed by atoms with van der Waals surface area (Å²) in [7, 11) is 3.26. The Kier molecular flexibility index (Phi) is 4.55. The number of hydrogen-bond acceptors (Lipinski definition) is 5. The lowest BCUT2D eigenvalue weighted by atomic mass is 10.1. The highest BCUT2D eigenvalue weighted by molar-refractivity contribution is 5.43. The molecular formula is C14H16N3O2. The maximum absolute atomic E-state index is 5.27. The summed E-state index contributed by atoms with van der Waals surface area (Å²) in [6.07, 6.45) is 5.24. The van der Waals surface area contributed by atoms with Crippen molar-refractivity contribution in [3.63, 3.8) is 0 Å². The molecule has 0 bridgehead atoms. The maximum atomic E-state index is 5.27. The molecule has 19 heavy (non-hydrogen) atoms. The SMILES string of the molecule is COc1ccc(CCNc2n[c]ccn2)cc1OC. The molecule has 2 aromatic rings. The molecule has 0 aliphatic carbocycles. The second-order valence-corrected chi connectivity index (χ2v) is 3.88. The van der Waals surface area contributed by atoms with Gasteiger partial charge in [-0.15, -0.1) is 0 Å². The highest BCUT2D eigenvalue weighted by Gasteiger charge is 2.04. The molecule has 0 aliphatic rings. The van der Waals surface area contributed by atoms with Gasteiger partial charge in [0.15, 0.2) is 11.5 Å². The van der Waals surface area contributed by atoms with Gasteiger partial charge in [-0.3, -0.25) is 0 Å². The van der Waals surface area contributed by atoms with E-state index in [4.69, 9.17) is 9.47 Å². The van der Waals surface area contributed by atoms with E-state index in [2.05, 4.69) is 21.5 Å². The molecule has 99 valence electrons. The van der Waals surface area contributed by atoms with E-state index in [-0.39, 0.29) is 0 Å². The van der Waals surface area contributed by atoms with Gasteiger partial charge in [-0.25, -0.2) is 9.97 Å². The number of rotatable bonds is 6. The molecule has 1 aromatic heterocycles. The minimum Gasteiger partial charge on any atom is -0.493 e. The first-order chi connectivity index (χ1) is 9.33. The number of aromatic nitrogens is 2. The molecular weight excluding hydrogens is 242 g/mol. The Morgan fingerprint density at radius 1 is 1.21 bits per heavy atom. The number of nitrogens with zero attached hydrogens (tertiary/aromatic N) is 2. The van der Waals surface area contributed by atoms with Crippen LogP contribution in [0.5, 0.6) is 11.5 Å². The Labute approximate surface area is 112 Å². The van der Waals surface area contributed by atoms with E-state index < -0.39 is 0 Å². The lowest BCUT2D eigenvalue weighted by molar-refractivity contribution is 0.354. The molecule has 0 amide bonds.